The van der Waals surface area contributed by atoms with Gasteiger partial charge < -0.3 is 9.51 Å². The Hall–Kier alpha value is -2.10. The number of nitrogens with zero attached hydrogens (tertiary/aromatic N) is 2. The number of hydrogen-bond acceptors (Lipinski definition) is 2. The van der Waals surface area contributed by atoms with E-state index in [1.807, 2.05) is 0 Å². The SMILES string of the molecule is C=Cc1cc(C(=O)O)c2nccn2c1. The molecular formula is C10H8N2O2. The van der Waals surface area contributed by atoms with E-state index >= 15 is 0 Å². The predicted octanol–water partition coefficient (Wildman–Crippen LogP) is 1.68. The second kappa shape index (κ2) is 2.99. The number of aromatic nitrogens is 2. The molecule has 2 rings (SSSR count). The second-order valence-corrected chi connectivity index (χ2v) is 2.85. The summed E-state index contributed by atoms with van der Waals surface area (Å²) in [4.78, 5) is 14.9. The largest absolute Gasteiger partial charge is 0.478 e. The van der Waals surface area contributed by atoms with Crippen molar-refractivity contribution in [2.45, 2.75) is 0 Å². The zero-order valence-electron chi connectivity index (χ0n) is 7.34. The van der Waals surface area contributed by atoms with Gasteiger partial charge in [-0.05, 0) is 11.6 Å². The number of rotatable bonds is 2. The predicted molar refractivity (Wildman–Crippen MR) is 52.2 cm³/mol. The van der Waals surface area contributed by atoms with Crippen molar-refractivity contribution in [1.82, 2.24) is 9.38 Å². The topological polar surface area (TPSA) is 54.6 Å². The van der Waals surface area contributed by atoms with Crippen molar-refractivity contribution in [2.75, 3.05) is 0 Å². The van der Waals surface area contributed by atoms with Gasteiger partial charge in [0.1, 0.15) is 5.56 Å². The van der Waals surface area contributed by atoms with Gasteiger partial charge in [0.05, 0.1) is 0 Å². The van der Waals surface area contributed by atoms with E-state index in [4.69, 9.17) is 5.11 Å². The van der Waals surface area contributed by atoms with Crippen LogP contribution in [0.5, 0.6) is 0 Å². The van der Waals surface area contributed by atoms with Crippen LogP contribution in [0, 0.1) is 0 Å². The van der Waals surface area contributed by atoms with Gasteiger partial charge in [-0.25, -0.2) is 9.78 Å². The molecule has 0 atom stereocenters. The standard InChI is InChI=1S/C10H8N2O2/c1-2-7-5-8(10(13)14)9-11-3-4-12(9)6-7/h2-6H,1H2,(H,13,14). The van der Waals surface area contributed by atoms with Crippen molar-refractivity contribution in [3.05, 3.63) is 42.4 Å². The van der Waals surface area contributed by atoms with E-state index in [0.717, 1.165) is 5.56 Å². The zero-order valence-corrected chi connectivity index (χ0v) is 7.34. The number of carboxylic acids is 1. The number of hydrogen-bond donors (Lipinski definition) is 1. The minimum absolute atomic E-state index is 0.187. The molecular weight excluding hydrogens is 180 g/mol. The van der Waals surface area contributed by atoms with Gasteiger partial charge in [-0.1, -0.05) is 12.7 Å². The van der Waals surface area contributed by atoms with Crippen LogP contribution in [-0.2, 0) is 0 Å². The molecule has 2 aromatic heterocycles. The van der Waals surface area contributed by atoms with Crippen LogP contribution in [0.3, 0.4) is 0 Å². The van der Waals surface area contributed by atoms with Crippen molar-refractivity contribution in [3.63, 3.8) is 0 Å². The average Bonchev–Trinajstić information content (AvgIpc) is 2.63. The maximum absolute atomic E-state index is 10.9. The number of carbonyl (C=O) groups is 1. The molecule has 0 aliphatic rings. The van der Waals surface area contributed by atoms with Crippen LogP contribution in [0.25, 0.3) is 11.7 Å². The highest BCUT2D eigenvalue weighted by atomic mass is 16.4. The van der Waals surface area contributed by atoms with Crippen LogP contribution in [0.15, 0.2) is 31.2 Å². The Morgan fingerprint density at radius 1 is 1.64 bits per heavy atom. The summed E-state index contributed by atoms with van der Waals surface area (Å²) in [7, 11) is 0. The van der Waals surface area contributed by atoms with Crippen LogP contribution >= 0.6 is 0 Å². The minimum Gasteiger partial charge on any atom is -0.478 e. The average molecular weight is 188 g/mol. The smallest absolute Gasteiger partial charge is 0.339 e. The molecule has 70 valence electrons. The maximum Gasteiger partial charge on any atom is 0.339 e. The summed E-state index contributed by atoms with van der Waals surface area (Å²) in [5, 5.41) is 8.93. The summed E-state index contributed by atoms with van der Waals surface area (Å²) >= 11 is 0. The molecule has 0 saturated carbocycles. The van der Waals surface area contributed by atoms with Crippen molar-refractivity contribution < 1.29 is 9.90 Å². The fraction of sp³-hybridized carbons (Fsp3) is 0. The lowest BCUT2D eigenvalue weighted by atomic mass is 10.2. The lowest BCUT2D eigenvalue weighted by Gasteiger charge is -2.00. The molecule has 0 bridgehead atoms. The Balaban J connectivity index is 2.83. The maximum atomic E-state index is 10.9. The quantitative estimate of drug-likeness (QED) is 0.779. The van der Waals surface area contributed by atoms with E-state index in [1.54, 1.807) is 35.1 Å². The number of carboxylic acid groups (broad SMARTS) is 1. The van der Waals surface area contributed by atoms with Crippen molar-refractivity contribution in [2.24, 2.45) is 0 Å². The monoisotopic (exact) mass is 188 g/mol. The fourth-order valence-electron chi connectivity index (χ4n) is 1.32. The molecule has 0 aliphatic carbocycles. The first-order valence-corrected chi connectivity index (χ1v) is 4.05. The minimum atomic E-state index is -0.982. The Morgan fingerprint density at radius 3 is 3.07 bits per heavy atom. The van der Waals surface area contributed by atoms with Crippen LogP contribution in [0.2, 0.25) is 0 Å². The van der Waals surface area contributed by atoms with Gasteiger partial charge in [0.25, 0.3) is 0 Å². The lowest BCUT2D eigenvalue weighted by Crippen LogP contribution is -2.01. The van der Waals surface area contributed by atoms with Crippen molar-refractivity contribution in [1.29, 1.82) is 0 Å². The third-order valence-corrected chi connectivity index (χ3v) is 1.97. The van der Waals surface area contributed by atoms with Crippen LogP contribution < -0.4 is 0 Å². The number of fused-ring (bicyclic) bond motifs is 1. The molecule has 14 heavy (non-hydrogen) atoms. The lowest BCUT2D eigenvalue weighted by molar-refractivity contribution is 0.0698. The molecule has 0 unspecified atom stereocenters. The molecule has 0 spiro atoms. The molecule has 0 amide bonds. The molecule has 0 fully saturated rings. The second-order valence-electron chi connectivity index (χ2n) is 2.85. The number of aromatic carboxylic acids is 1. The van der Waals surface area contributed by atoms with Crippen molar-refractivity contribution in [3.8, 4) is 0 Å². The summed E-state index contributed by atoms with van der Waals surface area (Å²) in [6, 6.07) is 1.55. The van der Waals surface area contributed by atoms with Gasteiger partial charge in [0.2, 0.25) is 0 Å². The van der Waals surface area contributed by atoms with Gasteiger partial charge in [-0.3, -0.25) is 0 Å². The van der Waals surface area contributed by atoms with E-state index < -0.39 is 5.97 Å². The Kier molecular flexibility index (Phi) is 1.81. The summed E-state index contributed by atoms with van der Waals surface area (Å²) in [5.74, 6) is -0.982. The molecule has 0 aromatic carbocycles. The first kappa shape index (κ1) is 8.50. The van der Waals surface area contributed by atoms with Gasteiger partial charge in [0.15, 0.2) is 5.65 Å². The summed E-state index contributed by atoms with van der Waals surface area (Å²) in [5.41, 5.74) is 1.39. The van der Waals surface area contributed by atoms with E-state index in [-0.39, 0.29) is 5.56 Å². The number of imidazole rings is 1. The third-order valence-electron chi connectivity index (χ3n) is 1.97. The van der Waals surface area contributed by atoms with Gasteiger partial charge in [0, 0.05) is 18.6 Å². The van der Waals surface area contributed by atoms with Crippen LogP contribution in [0.4, 0.5) is 0 Å². The van der Waals surface area contributed by atoms with Gasteiger partial charge in [-0.15, -0.1) is 0 Å². The van der Waals surface area contributed by atoms with Crippen LogP contribution in [-0.4, -0.2) is 20.5 Å². The normalized spacial score (nSPS) is 10.3. The highest BCUT2D eigenvalue weighted by Crippen LogP contribution is 2.12. The molecule has 2 heterocycles. The Labute approximate surface area is 80.1 Å². The molecule has 4 nitrogen and oxygen atoms in total. The van der Waals surface area contributed by atoms with Gasteiger partial charge >= 0.3 is 5.97 Å². The van der Waals surface area contributed by atoms with E-state index in [0.29, 0.717) is 5.65 Å². The first-order chi connectivity index (χ1) is 6.72. The van der Waals surface area contributed by atoms with E-state index in [2.05, 4.69) is 11.6 Å². The summed E-state index contributed by atoms with van der Waals surface area (Å²) in [6.45, 7) is 3.60. The fourth-order valence-corrected chi connectivity index (χ4v) is 1.32. The van der Waals surface area contributed by atoms with E-state index in [1.165, 1.54) is 0 Å². The summed E-state index contributed by atoms with van der Waals surface area (Å²) in [6.07, 6.45) is 6.65. The van der Waals surface area contributed by atoms with E-state index in [9.17, 15) is 4.79 Å². The summed E-state index contributed by atoms with van der Waals surface area (Å²) < 4.78 is 1.67. The van der Waals surface area contributed by atoms with Crippen molar-refractivity contribution >= 4 is 17.7 Å². The highest BCUT2D eigenvalue weighted by molar-refractivity contribution is 5.95. The van der Waals surface area contributed by atoms with Gasteiger partial charge in [-0.2, -0.15) is 0 Å². The zero-order chi connectivity index (χ0) is 10.1. The molecule has 0 saturated heterocycles. The molecule has 0 aliphatic heterocycles. The number of pyridine rings is 1. The first-order valence-electron chi connectivity index (χ1n) is 4.05. The highest BCUT2D eigenvalue weighted by Gasteiger charge is 2.10. The molecule has 1 N–H and O–H groups in total. The Bertz CT molecular complexity index is 514. The molecule has 2 aromatic rings. The van der Waals surface area contributed by atoms with Crippen LogP contribution in [0.1, 0.15) is 15.9 Å². The third kappa shape index (κ3) is 1.17. The molecule has 0 radical (unpaired) electrons. The molecule has 4 heteroatoms. The Morgan fingerprint density at radius 2 is 2.43 bits per heavy atom.